The largest absolute Gasteiger partial charge is 0.481 e. The number of amidine groups is 1. The van der Waals surface area contributed by atoms with Crippen LogP contribution < -0.4 is 20.4 Å². The first-order valence-corrected chi connectivity index (χ1v) is 7.68. The summed E-state index contributed by atoms with van der Waals surface area (Å²) in [6.07, 6.45) is 0. The van der Waals surface area contributed by atoms with Crippen LogP contribution in [0.1, 0.15) is 0 Å². The molecule has 0 saturated heterocycles. The van der Waals surface area contributed by atoms with Crippen LogP contribution in [0.5, 0.6) is 5.75 Å². The van der Waals surface area contributed by atoms with Gasteiger partial charge in [-0.1, -0.05) is 36.4 Å². The summed E-state index contributed by atoms with van der Waals surface area (Å²) >= 11 is 0. The molecule has 0 aliphatic carbocycles. The second-order valence-corrected chi connectivity index (χ2v) is 5.85. The predicted octanol–water partition coefficient (Wildman–Crippen LogP) is -0.603. The minimum Gasteiger partial charge on any atom is -0.481 e. The molecule has 0 unspecified atom stereocenters. The fourth-order valence-electron chi connectivity index (χ4n) is 1.51. The molecule has 2 aromatic carbocycles. The third kappa shape index (κ3) is 4.50. The van der Waals surface area contributed by atoms with Gasteiger partial charge in [0.2, 0.25) is 0 Å². The van der Waals surface area contributed by atoms with E-state index < -0.39 is 10.0 Å². The fourth-order valence-corrected chi connectivity index (χ4v) is 2.40. The molecule has 0 atom stereocenters. The fraction of sp³-hybridized carbons (Fsp3) is 0.0714. The molecule has 110 valence electrons. The molecule has 2 rings (SSSR count). The van der Waals surface area contributed by atoms with E-state index in [-0.39, 0.29) is 17.3 Å². The molecule has 4 N–H and O–H groups in total. The van der Waals surface area contributed by atoms with Crippen molar-refractivity contribution in [3.05, 3.63) is 60.7 Å². The number of hydrogen-bond donors (Lipinski definition) is 3. The van der Waals surface area contributed by atoms with E-state index in [2.05, 4.69) is 9.93 Å². The van der Waals surface area contributed by atoms with Gasteiger partial charge in [0.1, 0.15) is 5.75 Å². The first-order chi connectivity index (χ1) is 10.1. The topological polar surface area (TPSA) is 95.4 Å². The zero-order valence-corrected chi connectivity index (χ0v) is 12.0. The minimum atomic E-state index is -3.66. The zero-order chi connectivity index (χ0) is 15.1. The Morgan fingerprint density at radius 3 is 2.24 bits per heavy atom. The van der Waals surface area contributed by atoms with Crippen molar-refractivity contribution in [1.29, 1.82) is 0 Å². The van der Waals surface area contributed by atoms with Gasteiger partial charge < -0.3 is 4.74 Å². The van der Waals surface area contributed by atoms with Crippen molar-refractivity contribution < 1.29 is 18.3 Å². The van der Waals surface area contributed by atoms with Crippen molar-refractivity contribution in [2.45, 2.75) is 4.90 Å². The summed E-state index contributed by atoms with van der Waals surface area (Å²) in [5, 5.41) is 2.42. The minimum absolute atomic E-state index is 0.0430. The monoisotopic (exact) mass is 306 g/mol. The van der Waals surface area contributed by atoms with E-state index in [1.54, 1.807) is 30.3 Å². The Kier molecular flexibility index (Phi) is 4.78. The van der Waals surface area contributed by atoms with E-state index >= 15 is 0 Å². The van der Waals surface area contributed by atoms with E-state index in [0.717, 1.165) is 0 Å². The van der Waals surface area contributed by atoms with Crippen molar-refractivity contribution in [2.75, 3.05) is 6.61 Å². The Morgan fingerprint density at radius 1 is 1.05 bits per heavy atom. The molecule has 7 heteroatoms. The van der Waals surface area contributed by atoms with E-state index in [4.69, 9.17) is 10.5 Å². The van der Waals surface area contributed by atoms with E-state index in [1.807, 2.05) is 18.2 Å². The molecule has 6 nitrogen and oxygen atoms in total. The van der Waals surface area contributed by atoms with Gasteiger partial charge in [0.25, 0.3) is 10.0 Å². The Balaban J connectivity index is 1.94. The standard InChI is InChI=1S/C14H15N3O3S/c15-14(11-20-12-7-3-1-4-8-12)16-17-21(18,19)13-9-5-2-6-10-13/h1-10,17H,11H2,(H2,15,16)/p+1. The summed E-state index contributed by atoms with van der Waals surface area (Å²) in [4.78, 5) is 2.34. The third-order valence-electron chi connectivity index (χ3n) is 2.54. The molecule has 0 saturated carbocycles. The highest BCUT2D eigenvalue weighted by molar-refractivity contribution is 7.89. The molecule has 0 radical (unpaired) electrons. The predicted molar refractivity (Wildman–Crippen MR) is 78.9 cm³/mol. The molecule has 21 heavy (non-hydrogen) atoms. The maximum Gasteiger partial charge on any atom is 0.302 e. The number of nitrogens with two attached hydrogens (primary N) is 1. The number of rotatable bonds is 6. The van der Waals surface area contributed by atoms with Gasteiger partial charge in [-0.15, -0.1) is 0 Å². The Morgan fingerprint density at radius 2 is 1.62 bits per heavy atom. The lowest BCUT2D eigenvalue weighted by molar-refractivity contribution is -0.501. The summed E-state index contributed by atoms with van der Waals surface area (Å²) in [7, 11) is -3.66. The normalized spacial score (nSPS) is 11.9. The van der Waals surface area contributed by atoms with Crippen molar-refractivity contribution in [1.82, 2.24) is 4.83 Å². The van der Waals surface area contributed by atoms with E-state index in [1.165, 1.54) is 12.1 Å². The molecular weight excluding hydrogens is 290 g/mol. The first-order valence-electron chi connectivity index (χ1n) is 6.20. The molecule has 0 heterocycles. The van der Waals surface area contributed by atoms with Crippen LogP contribution in [-0.4, -0.2) is 20.9 Å². The molecular formula is C14H16N3O3S+. The van der Waals surface area contributed by atoms with Crippen LogP contribution >= 0.6 is 0 Å². The van der Waals surface area contributed by atoms with Crippen molar-refractivity contribution in [3.63, 3.8) is 0 Å². The van der Waals surface area contributed by atoms with Crippen LogP contribution in [0, 0.1) is 0 Å². The zero-order valence-electron chi connectivity index (χ0n) is 11.2. The number of hydrazine groups is 1. The molecule has 2 aromatic rings. The van der Waals surface area contributed by atoms with E-state index in [0.29, 0.717) is 5.75 Å². The maximum atomic E-state index is 11.9. The lowest BCUT2D eigenvalue weighted by atomic mass is 10.3. The highest BCUT2D eigenvalue weighted by Crippen LogP contribution is 2.07. The number of ether oxygens (including phenoxy) is 1. The van der Waals surface area contributed by atoms with Crippen LogP contribution in [0.3, 0.4) is 0 Å². The molecule has 0 fully saturated rings. The van der Waals surface area contributed by atoms with Crippen LogP contribution in [0.15, 0.2) is 65.6 Å². The summed E-state index contributed by atoms with van der Waals surface area (Å²) < 4.78 is 29.2. The number of hydrazone groups is 1. The van der Waals surface area contributed by atoms with Crippen molar-refractivity contribution in [2.24, 2.45) is 5.73 Å². The molecule has 0 spiro atoms. The first kappa shape index (κ1) is 14.9. The summed E-state index contributed by atoms with van der Waals surface area (Å²) in [6.45, 7) is 0.0430. The van der Waals surface area contributed by atoms with Gasteiger partial charge >= 0.3 is 5.84 Å². The summed E-state index contributed by atoms with van der Waals surface area (Å²) in [6, 6.07) is 17.1. The number of hydrogen-bond acceptors (Lipinski definition) is 3. The smallest absolute Gasteiger partial charge is 0.302 e. The Labute approximate surface area is 123 Å². The highest BCUT2D eigenvalue weighted by Gasteiger charge is 2.13. The number of para-hydroxylation sites is 1. The summed E-state index contributed by atoms with van der Waals surface area (Å²) in [5.74, 6) is 0.798. The van der Waals surface area contributed by atoms with Crippen molar-refractivity contribution in [3.8, 4) is 5.75 Å². The molecule has 0 bridgehead atoms. The molecule has 0 aliphatic rings. The molecule has 0 amide bonds. The Hall–Kier alpha value is -2.54. The Bertz CT molecular complexity index is 701. The van der Waals surface area contributed by atoms with Gasteiger partial charge in [0.05, 0.1) is 4.90 Å². The van der Waals surface area contributed by atoms with Gasteiger partial charge in [0, 0.05) is 0 Å². The lowest BCUT2D eigenvalue weighted by Crippen LogP contribution is -2.86. The second kappa shape index (κ2) is 6.76. The number of benzene rings is 2. The molecule has 0 aromatic heterocycles. The SMILES string of the molecule is NC(COc1ccccc1)=[NH+]NS(=O)(=O)c1ccccc1. The lowest BCUT2D eigenvalue weighted by Gasteiger charge is -2.04. The number of sulfonamides is 1. The molecule has 0 aliphatic heterocycles. The van der Waals surface area contributed by atoms with Crippen molar-refractivity contribution >= 4 is 15.9 Å². The quantitative estimate of drug-likeness (QED) is 0.377. The maximum absolute atomic E-state index is 11.9. The van der Waals surface area contributed by atoms with Crippen LogP contribution in [0.2, 0.25) is 0 Å². The van der Waals surface area contributed by atoms with Crippen LogP contribution in [0.4, 0.5) is 0 Å². The van der Waals surface area contributed by atoms with Gasteiger partial charge in [-0.3, -0.25) is 5.73 Å². The number of nitrogens with one attached hydrogen (secondary N) is 2. The second-order valence-electron chi connectivity index (χ2n) is 4.17. The third-order valence-corrected chi connectivity index (χ3v) is 3.80. The van der Waals surface area contributed by atoms with Gasteiger partial charge in [-0.05, 0) is 24.3 Å². The average molecular weight is 306 g/mol. The van der Waals surface area contributed by atoms with Crippen LogP contribution in [0.25, 0.3) is 0 Å². The van der Waals surface area contributed by atoms with Gasteiger partial charge in [-0.2, -0.15) is 18.4 Å². The van der Waals surface area contributed by atoms with Gasteiger partial charge in [0.15, 0.2) is 6.61 Å². The van der Waals surface area contributed by atoms with Gasteiger partial charge in [-0.25, -0.2) is 0 Å². The van der Waals surface area contributed by atoms with E-state index in [9.17, 15) is 8.42 Å². The van der Waals surface area contributed by atoms with Crippen LogP contribution in [-0.2, 0) is 10.0 Å². The summed E-state index contributed by atoms with van der Waals surface area (Å²) in [5.41, 5.74) is 5.66. The average Bonchev–Trinajstić information content (AvgIpc) is 2.53. The highest BCUT2D eigenvalue weighted by atomic mass is 32.2.